The van der Waals surface area contributed by atoms with Crippen molar-refractivity contribution in [3.8, 4) is 0 Å². The molecule has 1 N–H and O–H groups in total. The second-order valence-corrected chi connectivity index (χ2v) is 10.7. The molecule has 2 atom stereocenters. The third-order valence-corrected chi connectivity index (χ3v) is 8.30. The molecule has 6 heteroatoms. The third kappa shape index (κ3) is 5.82. The number of carbonyl (C=O) groups excluding carboxylic acids is 2. The number of fused-ring (bicyclic) bond motifs is 1. The van der Waals surface area contributed by atoms with Crippen molar-refractivity contribution in [1.29, 1.82) is 0 Å². The van der Waals surface area contributed by atoms with Gasteiger partial charge in [0.05, 0.1) is 16.3 Å². The fraction of sp³-hybridized carbons (Fsp3) is 0.444. The Morgan fingerprint density at radius 3 is 2.45 bits per heavy atom. The van der Waals surface area contributed by atoms with Gasteiger partial charge in [-0.25, -0.2) is 4.98 Å². The molecule has 174 valence electrons. The van der Waals surface area contributed by atoms with E-state index in [-0.39, 0.29) is 17.6 Å². The highest BCUT2D eigenvalue weighted by Crippen LogP contribution is 2.37. The van der Waals surface area contributed by atoms with Crippen LogP contribution in [0, 0.1) is 11.8 Å². The van der Waals surface area contributed by atoms with Crippen molar-refractivity contribution in [3.63, 3.8) is 0 Å². The summed E-state index contributed by atoms with van der Waals surface area (Å²) < 4.78 is 0.978. The molecule has 0 aliphatic heterocycles. The van der Waals surface area contributed by atoms with Crippen LogP contribution in [-0.4, -0.2) is 22.7 Å². The number of aromatic nitrogens is 1. The van der Waals surface area contributed by atoms with Gasteiger partial charge in [0.25, 0.3) is 5.91 Å². The summed E-state index contributed by atoms with van der Waals surface area (Å²) in [6.45, 7) is 4.10. The van der Waals surface area contributed by atoms with Gasteiger partial charge < -0.3 is 5.32 Å². The summed E-state index contributed by atoms with van der Waals surface area (Å²) in [6.07, 6.45) is 5.62. The Hall–Kier alpha value is -2.24. The Morgan fingerprint density at radius 2 is 1.79 bits per heavy atom. The van der Waals surface area contributed by atoms with Crippen LogP contribution in [0.1, 0.15) is 73.7 Å². The van der Waals surface area contributed by atoms with E-state index in [0.29, 0.717) is 23.3 Å². The summed E-state index contributed by atoms with van der Waals surface area (Å²) in [4.78, 5) is 30.7. The van der Waals surface area contributed by atoms with E-state index in [9.17, 15) is 9.59 Å². The highest BCUT2D eigenvalue weighted by molar-refractivity contribution is 7.20. The van der Waals surface area contributed by atoms with Gasteiger partial charge in [-0.1, -0.05) is 56.1 Å². The second-order valence-electron chi connectivity index (χ2n) is 9.26. The van der Waals surface area contributed by atoms with Crippen LogP contribution in [0.5, 0.6) is 0 Å². The lowest BCUT2D eigenvalue weighted by molar-refractivity contribution is -0.123. The van der Waals surface area contributed by atoms with Gasteiger partial charge in [-0.15, -0.1) is 11.3 Å². The molecule has 4 nitrogen and oxygen atoms in total. The number of halogens is 1. The molecule has 1 aromatic heterocycles. The molecule has 0 bridgehead atoms. The number of hydrogen-bond donors (Lipinski definition) is 1. The first-order valence-electron chi connectivity index (χ1n) is 11.9. The van der Waals surface area contributed by atoms with Gasteiger partial charge in [0.1, 0.15) is 0 Å². The molecule has 33 heavy (non-hydrogen) atoms. The number of ketones is 1. The van der Waals surface area contributed by atoms with Crippen LogP contribution < -0.4 is 5.32 Å². The molecule has 1 fully saturated rings. The number of nitrogens with one attached hydrogen (secondary N) is 1. The molecule has 0 radical (unpaired) electrons. The molecule has 1 aliphatic rings. The van der Waals surface area contributed by atoms with Crippen molar-refractivity contribution in [2.75, 3.05) is 0 Å². The average Bonchev–Trinajstić information content (AvgIpc) is 3.27. The van der Waals surface area contributed by atoms with Gasteiger partial charge >= 0.3 is 0 Å². The maximum atomic E-state index is 13.3. The van der Waals surface area contributed by atoms with Gasteiger partial charge in [0, 0.05) is 11.4 Å². The Labute approximate surface area is 204 Å². The van der Waals surface area contributed by atoms with Gasteiger partial charge in [-0.05, 0) is 73.3 Å². The number of thiazole rings is 1. The predicted octanol–water partition coefficient (Wildman–Crippen LogP) is 7.03. The minimum absolute atomic E-state index is 0.0845. The van der Waals surface area contributed by atoms with Gasteiger partial charge in [-0.2, -0.15) is 0 Å². The normalized spacial score (nSPS) is 20.3. The third-order valence-electron chi connectivity index (χ3n) is 7.01. The minimum atomic E-state index is -0.469. The van der Waals surface area contributed by atoms with E-state index < -0.39 is 6.04 Å². The first-order chi connectivity index (χ1) is 15.9. The number of para-hydroxylation sites is 1. The van der Waals surface area contributed by atoms with E-state index in [4.69, 9.17) is 11.6 Å². The molecule has 3 aromatic rings. The zero-order chi connectivity index (χ0) is 23.4. The highest BCUT2D eigenvalue weighted by atomic mass is 35.5. The lowest BCUT2D eigenvalue weighted by Gasteiger charge is -2.30. The number of nitrogens with zero attached hydrogens (tertiary/aromatic N) is 1. The molecule has 0 unspecified atom stereocenters. The second kappa shape index (κ2) is 10.8. The minimum Gasteiger partial charge on any atom is -0.340 e. The number of hydrogen-bond acceptors (Lipinski definition) is 4. The van der Waals surface area contributed by atoms with E-state index in [1.165, 1.54) is 16.9 Å². The smallest absolute Gasteiger partial charge is 0.280 e. The van der Waals surface area contributed by atoms with Crippen molar-refractivity contribution in [1.82, 2.24) is 10.3 Å². The summed E-state index contributed by atoms with van der Waals surface area (Å²) in [7, 11) is 0. The first kappa shape index (κ1) is 23.9. The van der Waals surface area contributed by atoms with Crippen LogP contribution in [0.3, 0.4) is 0 Å². The molecular formula is C27H31ClN2O2S. The van der Waals surface area contributed by atoms with Crippen molar-refractivity contribution in [3.05, 3.63) is 64.1 Å². The van der Waals surface area contributed by atoms with E-state index >= 15 is 0 Å². The van der Waals surface area contributed by atoms with Gasteiger partial charge in [0.2, 0.25) is 0 Å². The predicted molar refractivity (Wildman–Crippen MR) is 136 cm³/mol. The van der Waals surface area contributed by atoms with Crippen molar-refractivity contribution < 1.29 is 9.59 Å². The van der Waals surface area contributed by atoms with Crippen LogP contribution in [0.25, 0.3) is 10.2 Å². The van der Waals surface area contributed by atoms with Crippen molar-refractivity contribution in [2.24, 2.45) is 11.8 Å². The number of benzene rings is 2. The summed E-state index contributed by atoms with van der Waals surface area (Å²) in [6, 6.07) is 15.4. The largest absolute Gasteiger partial charge is 0.340 e. The SMILES string of the molecule is CC[C@H](C)[C@@H](NC(=O)c1nc2ccccc2s1)C(=O)CC1CCC(c2ccc(Cl)cc2)CC1. The zero-order valence-electron chi connectivity index (χ0n) is 19.2. The number of Topliss-reactive ketones (excluding diaryl/α,β-unsaturated/α-hetero) is 1. The van der Waals surface area contributed by atoms with E-state index in [2.05, 4.69) is 29.4 Å². The quantitative estimate of drug-likeness (QED) is 0.375. The van der Waals surface area contributed by atoms with E-state index in [1.54, 1.807) is 0 Å². The lowest BCUT2D eigenvalue weighted by atomic mass is 9.76. The Bertz CT molecular complexity index is 1070. The molecule has 0 spiro atoms. The van der Waals surface area contributed by atoms with E-state index in [0.717, 1.165) is 47.3 Å². The van der Waals surface area contributed by atoms with Crippen LogP contribution >= 0.6 is 22.9 Å². The summed E-state index contributed by atoms with van der Waals surface area (Å²) >= 11 is 7.39. The Kier molecular flexibility index (Phi) is 7.82. The lowest BCUT2D eigenvalue weighted by Crippen LogP contribution is -2.45. The maximum absolute atomic E-state index is 13.3. The monoisotopic (exact) mass is 482 g/mol. The standard InChI is InChI=1S/C27H31ClN2O2S/c1-3-17(2)25(30-26(32)27-29-22-6-4-5-7-24(22)33-27)23(31)16-18-8-10-19(11-9-18)20-12-14-21(28)15-13-20/h4-7,12-15,17-19,25H,3,8-11,16H2,1-2H3,(H,30,32)/t17-,18?,19?,25+/m0/s1. The van der Waals surface area contributed by atoms with Crippen LogP contribution in [0.15, 0.2) is 48.5 Å². The first-order valence-corrected chi connectivity index (χ1v) is 13.1. The fourth-order valence-electron chi connectivity index (χ4n) is 4.79. The highest BCUT2D eigenvalue weighted by Gasteiger charge is 2.31. The molecule has 1 heterocycles. The fourth-order valence-corrected chi connectivity index (χ4v) is 5.79. The summed E-state index contributed by atoms with van der Waals surface area (Å²) in [5.41, 5.74) is 2.15. The number of carbonyl (C=O) groups is 2. The number of rotatable bonds is 8. The topological polar surface area (TPSA) is 59.1 Å². The molecule has 4 rings (SSSR count). The summed E-state index contributed by atoms with van der Waals surface area (Å²) in [5.74, 6) is 0.904. The summed E-state index contributed by atoms with van der Waals surface area (Å²) in [5, 5.41) is 4.20. The van der Waals surface area contributed by atoms with Crippen molar-refractivity contribution in [2.45, 2.75) is 64.3 Å². The zero-order valence-corrected chi connectivity index (χ0v) is 20.8. The van der Waals surface area contributed by atoms with Crippen LogP contribution in [-0.2, 0) is 4.79 Å². The Morgan fingerprint density at radius 1 is 1.09 bits per heavy atom. The van der Waals surface area contributed by atoms with E-state index in [1.807, 2.05) is 43.3 Å². The molecule has 2 aromatic carbocycles. The van der Waals surface area contributed by atoms with Gasteiger partial charge in [-0.3, -0.25) is 9.59 Å². The average molecular weight is 483 g/mol. The van der Waals surface area contributed by atoms with Crippen LogP contribution in [0.4, 0.5) is 0 Å². The molecular weight excluding hydrogens is 452 g/mol. The van der Waals surface area contributed by atoms with Gasteiger partial charge in [0.15, 0.2) is 10.8 Å². The number of amides is 1. The molecule has 1 aliphatic carbocycles. The molecule has 1 saturated carbocycles. The molecule has 0 saturated heterocycles. The molecule has 1 amide bonds. The van der Waals surface area contributed by atoms with Crippen molar-refractivity contribution >= 4 is 44.8 Å². The maximum Gasteiger partial charge on any atom is 0.280 e. The van der Waals surface area contributed by atoms with Crippen LogP contribution in [0.2, 0.25) is 5.02 Å². The Balaban J connectivity index is 1.36.